The number of ether oxygens (including phenoxy) is 2. The van der Waals surface area contributed by atoms with Crippen LogP contribution in [0, 0.1) is 0 Å². The summed E-state index contributed by atoms with van der Waals surface area (Å²) in [7, 11) is 3.19. The summed E-state index contributed by atoms with van der Waals surface area (Å²) < 4.78 is 12.0. The maximum atomic E-state index is 5.12. The summed E-state index contributed by atoms with van der Waals surface area (Å²) in [6, 6.07) is 1.77. The minimum Gasteiger partial charge on any atom is -0.495 e. The van der Waals surface area contributed by atoms with Crippen LogP contribution in [0.3, 0.4) is 0 Å². The highest BCUT2D eigenvalue weighted by molar-refractivity contribution is 5.55. The zero-order chi connectivity index (χ0) is 9.26. The molecular formula is C8H9N3O2. The number of methoxy groups -OCH3 is 2. The first-order valence-electron chi connectivity index (χ1n) is 3.76. The highest BCUT2D eigenvalue weighted by atomic mass is 16.5. The Morgan fingerprint density at radius 3 is 2.85 bits per heavy atom. The molecule has 0 saturated carbocycles. The first-order chi connectivity index (χ1) is 6.35. The fraction of sp³-hybridized carbons (Fsp3) is 0.250. The summed E-state index contributed by atoms with van der Waals surface area (Å²) in [6.45, 7) is 0. The highest BCUT2D eigenvalue weighted by Crippen LogP contribution is 2.23. The molecule has 2 rings (SSSR count). The molecule has 0 bridgehead atoms. The van der Waals surface area contributed by atoms with Crippen LogP contribution < -0.4 is 9.47 Å². The van der Waals surface area contributed by atoms with Crippen LogP contribution in [0.25, 0.3) is 5.65 Å². The van der Waals surface area contributed by atoms with E-state index in [-0.39, 0.29) is 0 Å². The van der Waals surface area contributed by atoms with E-state index in [9.17, 15) is 0 Å². The van der Waals surface area contributed by atoms with Crippen LogP contribution in [0.1, 0.15) is 0 Å². The third-order valence-corrected chi connectivity index (χ3v) is 1.79. The van der Waals surface area contributed by atoms with Gasteiger partial charge in [0.15, 0.2) is 5.75 Å². The number of nitrogens with zero attached hydrogens (tertiary/aromatic N) is 3. The van der Waals surface area contributed by atoms with Crippen LogP contribution in [-0.2, 0) is 0 Å². The predicted octanol–water partition coefficient (Wildman–Crippen LogP) is 0.746. The molecule has 0 saturated heterocycles. The molecule has 2 aromatic rings. The molecule has 13 heavy (non-hydrogen) atoms. The van der Waals surface area contributed by atoms with Gasteiger partial charge < -0.3 is 9.47 Å². The van der Waals surface area contributed by atoms with Gasteiger partial charge in [0.2, 0.25) is 5.65 Å². The number of hydrogen-bond acceptors (Lipinski definition) is 4. The number of hydrogen-bond donors (Lipinski definition) is 0. The van der Waals surface area contributed by atoms with E-state index in [4.69, 9.17) is 9.47 Å². The van der Waals surface area contributed by atoms with E-state index in [0.29, 0.717) is 17.1 Å². The summed E-state index contributed by atoms with van der Waals surface area (Å²) >= 11 is 0. The number of aromatic nitrogens is 3. The van der Waals surface area contributed by atoms with Crippen molar-refractivity contribution in [3.63, 3.8) is 0 Å². The molecule has 0 aliphatic carbocycles. The van der Waals surface area contributed by atoms with Crippen LogP contribution in [0.15, 0.2) is 18.6 Å². The van der Waals surface area contributed by atoms with Crippen molar-refractivity contribution < 1.29 is 9.47 Å². The molecule has 0 N–H and O–H groups in total. The lowest BCUT2D eigenvalue weighted by Gasteiger charge is -2.04. The molecule has 0 aromatic carbocycles. The Balaban J connectivity index is 2.70. The maximum absolute atomic E-state index is 5.12. The minimum absolute atomic E-state index is 0.650. The normalized spacial score (nSPS) is 10.3. The highest BCUT2D eigenvalue weighted by Gasteiger charge is 2.05. The average molecular weight is 179 g/mol. The van der Waals surface area contributed by atoms with Crippen LogP contribution in [0.4, 0.5) is 0 Å². The van der Waals surface area contributed by atoms with E-state index in [1.54, 1.807) is 37.2 Å². The fourth-order valence-corrected chi connectivity index (χ4v) is 1.14. The SMILES string of the molecule is COc1cc(OC)c2nncn2c1. The van der Waals surface area contributed by atoms with E-state index < -0.39 is 0 Å². The van der Waals surface area contributed by atoms with Gasteiger partial charge in [-0.15, -0.1) is 10.2 Å². The molecule has 0 fully saturated rings. The van der Waals surface area contributed by atoms with E-state index in [1.807, 2.05) is 0 Å². The van der Waals surface area contributed by atoms with E-state index >= 15 is 0 Å². The van der Waals surface area contributed by atoms with E-state index in [1.165, 1.54) is 0 Å². The summed E-state index contributed by atoms with van der Waals surface area (Å²) in [6.07, 6.45) is 3.39. The van der Waals surface area contributed by atoms with Crippen molar-refractivity contribution in [2.75, 3.05) is 14.2 Å². The van der Waals surface area contributed by atoms with Gasteiger partial charge in [-0.1, -0.05) is 0 Å². The second kappa shape index (κ2) is 2.93. The van der Waals surface area contributed by atoms with Crippen LogP contribution in [0.2, 0.25) is 0 Å². The molecule has 0 unspecified atom stereocenters. The molecule has 2 aromatic heterocycles. The Morgan fingerprint density at radius 2 is 2.15 bits per heavy atom. The molecule has 5 nitrogen and oxygen atoms in total. The zero-order valence-electron chi connectivity index (χ0n) is 7.39. The smallest absolute Gasteiger partial charge is 0.203 e. The second-order valence-electron chi connectivity index (χ2n) is 2.51. The first kappa shape index (κ1) is 7.85. The van der Waals surface area contributed by atoms with Crippen molar-refractivity contribution in [1.82, 2.24) is 14.6 Å². The van der Waals surface area contributed by atoms with Gasteiger partial charge in [-0.05, 0) is 0 Å². The van der Waals surface area contributed by atoms with Crippen molar-refractivity contribution in [2.45, 2.75) is 0 Å². The molecule has 0 aliphatic heterocycles. The lowest BCUT2D eigenvalue weighted by molar-refractivity contribution is 0.393. The quantitative estimate of drug-likeness (QED) is 0.682. The lowest BCUT2D eigenvalue weighted by Crippen LogP contribution is -1.92. The number of fused-ring (bicyclic) bond motifs is 1. The van der Waals surface area contributed by atoms with Gasteiger partial charge in [0.25, 0.3) is 0 Å². The van der Waals surface area contributed by atoms with E-state index in [0.717, 1.165) is 0 Å². The standard InChI is InChI=1S/C8H9N3O2/c1-12-6-3-7(13-2)8-10-9-5-11(8)4-6/h3-5H,1-2H3. The summed E-state index contributed by atoms with van der Waals surface area (Å²) in [5, 5.41) is 7.66. The lowest BCUT2D eigenvalue weighted by atomic mass is 10.4. The number of pyridine rings is 1. The summed E-state index contributed by atoms with van der Waals surface area (Å²) in [5.74, 6) is 1.36. The zero-order valence-corrected chi connectivity index (χ0v) is 7.39. The number of rotatable bonds is 2. The third-order valence-electron chi connectivity index (χ3n) is 1.79. The Labute approximate surface area is 74.9 Å². The van der Waals surface area contributed by atoms with Crippen molar-refractivity contribution in [3.8, 4) is 11.5 Å². The molecule has 0 aliphatic rings. The van der Waals surface area contributed by atoms with Gasteiger partial charge >= 0.3 is 0 Å². The Morgan fingerprint density at radius 1 is 1.31 bits per heavy atom. The van der Waals surface area contributed by atoms with Gasteiger partial charge in [0.05, 0.1) is 20.4 Å². The summed E-state index contributed by atoms with van der Waals surface area (Å²) in [4.78, 5) is 0. The maximum Gasteiger partial charge on any atom is 0.203 e. The molecule has 0 atom stereocenters. The van der Waals surface area contributed by atoms with Gasteiger partial charge in [0, 0.05) is 6.07 Å². The monoisotopic (exact) mass is 179 g/mol. The van der Waals surface area contributed by atoms with Crippen LogP contribution in [0.5, 0.6) is 11.5 Å². The van der Waals surface area contributed by atoms with Gasteiger partial charge in [-0.3, -0.25) is 4.40 Å². The summed E-state index contributed by atoms with van der Waals surface area (Å²) in [5.41, 5.74) is 0.684. The van der Waals surface area contributed by atoms with Crippen molar-refractivity contribution >= 4 is 5.65 Å². The molecule has 2 heterocycles. The van der Waals surface area contributed by atoms with Gasteiger partial charge in [-0.25, -0.2) is 0 Å². The molecule has 0 amide bonds. The van der Waals surface area contributed by atoms with Crippen LogP contribution >= 0.6 is 0 Å². The average Bonchev–Trinajstić information content (AvgIpc) is 2.63. The minimum atomic E-state index is 0.650. The van der Waals surface area contributed by atoms with Gasteiger partial charge in [-0.2, -0.15) is 0 Å². The second-order valence-corrected chi connectivity index (χ2v) is 2.51. The topological polar surface area (TPSA) is 48.7 Å². The Hall–Kier alpha value is -1.78. The van der Waals surface area contributed by atoms with Crippen LogP contribution in [-0.4, -0.2) is 28.8 Å². The predicted molar refractivity (Wildman–Crippen MR) is 46.1 cm³/mol. The first-order valence-corrected chi connectivity index (χ1v) is 3.76. The molecular weight excluding hydrogens is 170 g/mol. The molecule has 5 heteroatoms. The Kier molecular flexibility index (Phi) is 1.77. The van der Waals surface area contributed by atoms with Crippen molar-refractivity contribution in [3.05, 3.63) is 18.6 Å². The van der Waals surface area contributed by atoms with Gasteiger partial charge in [0.1, 0.15) is 12.1 Å². The molecule has 0 spiro atoms. The largest absolute Gasteiger partial charge is 0.495 e. The molecule has 0 radical (unpaired) electrons. The van der Waals surface area contributed by atoms with E-state index in [2.05, 4.69) is 10.2 Å². The third kappa shape index (κ3) is 1.18. The van der Waals surface area contributed by atoms with Crippen molar-refractivity contribution in [2.24, 2.45) is 0 Å². The Bertz CT molecular complexity index is 424. The molecule has 68 valence electrons. The van der Waals surface area contributed by atoms with Crippen molar-refractivity contribution in [1.29, 1.82) is 0 Å². The fourth-order valence-electron chi connectivity index (χ4n) is 1.14.